The Balaban J connectivity index is 5.48. The van der Waals surface area contributed by atoms with Gasteiger partial charge in [-0.3, -0.25) is 37.3 Å². The van der Waals surface area contributed by atoms with Crippen molar-refractivity contribution in [2.24, 2.45) is 0 Å². The van der Waals surface area contributed by atoms with Crippen molar-refractivity contribution in [1.29, 1.82) is 0 Å². The molecular weight excluding hydrogens is 1310 g/mol. The Morgan fingerprint density at radius 3 is 0.940 bits per heavy atom. The first kappa shape index (κ1) is 94.9. The predicted molar refractivity (Wildman–Crippen MR) is 408 cm³/mol. The van der Waals surface area contributed by atoms with E-state index >= 15 is 0 Å². The van der Waals surface area contributed by atoms with Crippen LogP contribution in [0.25, 0.3) is 0 Å². The molecule has 570 valence electrons. The van der Waals surface area contributed by atoms with Crippen molar-refractivity contribution in [1.82, 2.24) is 0 Å². The van der Waals surface area contributed by atoms with E-state index in [-0.39, 0.29) is 25.7 Å². The molecule has 0 aromatic carbocycles. The van der Waals surface area contributed by atoms with Gasteiger partial charge in [-0.2, -0.15) is 0 Å². The van der Waals surface area contributed by atoms with Gasteiger partial charge < -0.3 is 33.8 Å². The van der Waals surface area contributed by atoms with Gasteiger partial charge in [-0.1, -0.05) is 257 Å². The molecule has 5 atom stereocenters. The first-order valence-electron chi connectivity index (χ1n) is 38.1. The molecule has 0 aliphatic rings. The number of phosphoric acid groups is 2. The maximum absolute atomic E-state index is 13.1. The fourth-order valence-electron chi connectivity index (χ4n) is 9.54. The number of allylic oxidation sites excluding steroid dienone is 23. The van der Waals surface area contributed by atoms with Crippen LogP contribution in [0.3, 0.4) is 0 Å². The number of carbonyl (C=O) groups excluding carboxylic acids is 4. The molecule has 0 aliphatic heterocycles. The van der Waals surface area contributed by atoms with Crippen LogP contribution in [0.15, 0.2) is 146 Å². The van der Waals surface area contributed by atoms with Crippen LogP contribution in [-0.2, 0) is 65.4 Å². The summed E-state index contributed by atoms with van der Waals surface area (Å²) < 4.78 is 68.3. The smallest absolute Gasteiger partial charge is 0.462 e. The Hall–Kier alpha value is -5.06. The lowest BCUT2D eigenvalue weighted by Crippen LogP contribution is -2.30. The number of unbranched alkanes of at least 4 members (excludes halogenated alkanes) is 21. The predicted octanol–water partition coefficient (Wildman–Crippen LogP) is 21.9. The van der Waals surface area contributed by atoms with Gasteiger partial charge in [0.2, 0.25) is 0 Å². The topological polar surface area (TPSA) is 237 Å². The highest BCUT2D eigenvalue weighted by Gasteiger charge is 2.30. The minimum absolute atomic E-state index is 0.0545. The lowest BCUT2D eigenvalue weighted by molar-refractivity contribution is -0.161. The van der Waals surface area contributed by atoms with Crippen molar-refractivity contribution in [3.8, 4) is 0 Å². The Kier molecular flexibility index (Phi) is 68.6. The minimum atomic E-state index is -5.00. The monoisotopic (exact) mass is 1440 g/mol. The molecule has 0 aromatic heterocycles. The summed E-state index contributed by atoms with van der Waals surface area (Å²) >= 11 is 0. The molecule has 0 spiro atoms. The Labute approximate surface area is 605 Å². The first-order valence-corrected chi connectivity index (χ1v) is 41.1. The van der Waals surface area contributed by atoms with Gasteiger partial charge in [-0.05, 0) is 148 Å². The molecule has 0 saturated carbocycles. The summed E-state index contributed by atoms with van der Waals surface area (Å²) in [6.45, 7) is 4.41. The number of hydrogen-bond donors (Lipinski definition) is 3. The molecule has 0 rings (SSSR count). The van der Waals surface area contributed by atoms with Crippen LogP contribution >= 0.6 is 15.6 Å². The van der Waals surface area contributed by atoms with E-state index in [4.69, 9.17) is 37.0 Å². The fourth-order valence-corrected chi connectivity index (χ4v) is 11.1. The molecule has 0 bridgehead atoms. The van der Waals surface area contributed by atoms with Crippen LogP contribution in [0.1, 0.15) is 285 Å². The lowest BCUT2D eigenvalue weighted by Gasteiger charge is -2.21. The van der Waals surface area contributed by atoms with Crippen molar-refractivity contribution in [2.45, 2.75) is 303 Å². The van der Waals surface area contributed by atoms with Crippen molar-refractivity contribution in [3.05, 3.63) is 146 Å². The summed E-state index contributed by atoms with van der Waals surface area (Å²) in [5.74, 6) is -2.40. The second-order valence-electron chi connectivity index (χ2n) is 24.8. The summed E-state index contributed by atoms with van der Waals surface area (Å²) in [5, 5.41) is 10.6. The molecule has 100 heavy (non-hydrogen) atoms. The van der Waals surface area contributed by atoms with E-state index in [0.29, 0.717) is 25.7 Å². The maximum Gasteiger partial charge on any atom is 0.472 e. The third kappa shape index (κ3) is 71.3. The van der Waals surface area contributed by atoms with Crippen molar-refractivity contribution in [2.75, 3.05) is 39.6 Å². The quantitative estimate of drug-likeness (QED) is 0.0169. The Bertz CT molecular complexity index is 2470. The summed E-state index contributed by atoms with van der Waals surface area (Å²) in [6, 6.07) is 0. The SMILES string of the molecule is CC/C=C\C/C=C\C/C=C\C/C=C\C/C=C\CC(=O)OCC(COP(=O)(O)OCC(O)COP(=O)(O)OCC(COC(=O)CCCC/C=C\C/C=C\C/C=C\C/C=C\CC)OC(=O)CCCCCCC/C=C\CCCCCCCC)OC(=O)CCCCCCC/C=C\C/C=C\CCCCC. The second-order valence-corrected chi connectivity index (χ2v) is 27.7. The number of esters is 4. The standard InChI is InChI=1S/C81H134O17P2/c1-5-9-13-17-21-25-29-33-37-41-45-49-53-57-61-65-78(83)91-71-76(97-80(85)67-63-59-55-51-47-43-39-35-31-27-23-19-15-11-7-3)73-95-99(87,88)93-69-75(82)70-94-100(89,90)96-74-77(98-81(86)68-64-60-56-52-48-44-40-36-32-28-24-20-16-12-8-4)72-92-79(84)66-62-58-54-50-46-42-38-34-30-26-22-18-14-10-6-2/h9-10,13-14,21-23,25-27,33-40,45-46,49-50,57,61,75-77,82H,5-8,11-12,15-20,24,28-32,41-44,47-48,51-56,58-60,62-74H2,1-4H3,(H,87,88)(H,89,90)/b13-9-,14-10-,25-21-,26-22-,27-23-,37-33-,38-34-,39-35-,40-36-,49-45-,50-46-,61-57-. The average molecular weight is 1440 g/mol. The van der Waals surface area contributed by atoms with E-state index in [1.807, 2.05) is 18.2 Å². The highest BCUT2D eigenvalue weighted by Crippen LogP contribution is 2.45. The zero-order valence-electron chi connectivity index (χ0n) is 62.1. The zero-order valence-corrected chi connectivity index (χ0v) is 63.9. The Morgan fingerprint density at radius 2 is 0.560 bits per heavy atom. The van der Waals surface area contributed by atoms with E-state index in [1.165, 1.54) is 57.8 Å². The first-order chi connectivity index (χ1) is 48.7. The highest BCUT2D eigenvalue weighted by molar-refractivity contribution is 7.47. The minimum Gasteiger partial charge on any atom is -0.462 e. The summed E-state index contributed by atoms with van der Waals surface area (Å²) in [4.78, 5) is 72.8. The van der Waals surface area contributed by atoms with Crippen molar-refractivity contribution >= 4 is 39.5 Å². The number of aliphatic hydroxyl groups excluding tert-OH is 1. The molecule has 0 saturated heterocycles. The van der Waals surface area contributed by atoms with Crippen LogP contribution in [-0.4, -0.2) is 96.7 Å². The molecule has 17 nitrogen and oxygen atoms in total. The molecule has 0 heterocycles. The largest absolute Gasteiger partial charge is 0.472 e. The van der Waals surface area contributed by atoms with Crippen LogP contribution in [0.5, 0.6) is 0 Å². The summed E-state index contributed by atoms with van der Waals surface area (Å²) in [7, 11) is -10.0. The number of ether oxygens (including phenoxy) is 4. The van der Waals surface area contributed by atoms with E-state index < -0.39 is 97.5 Å². The third-order valence-corrected chi connectivity index (χ3v) is 17.2. The van der Waals surface area contributed by atoms with Gasteiger partial charge in [0.1, 0.15) is 19.3 Å². The highest BCUT2D eigenvalue weighted by atomic mass is 31.2. The number of phosphoric ester groups is 2. The molecule has 0 fully saturated rings. The Morgan fingerprint density at radius 1 is 0.300 bits per heavy atom. The maximum atomic E-state index is 13.1. The summed E-state index contributed by atoms with van der Waals surface area (Å²) in [5.41, 5.74) is 0. The van der Waals surface area contributed by atoms with E-state index in [0.717, 1.165) is 148 Å². The molecule has 0 aromatic rings. The fraction of sp³-hybridized carbons (Fsp3) is 0.654. The van der Waals surface area contributed by atoms with Crippen molar-refractivity contribution < 1.29 is 80.2 Å². The second kappa shape index (κ2) is 72.3. The van der Waals surface area contributed by atoms with Crippen LogP contribution in [0, 0.1) is 0 Å². The third-order valence-electron chi connectivity index (χ3n) is 15.3. The van der Waals surface area contributed by atoms with Gasteiger partial charge in [0.25, 0.3) is 0 Å². The number of hydrogen-bond acceptors (Lipinski definition) is 15. The van der Waals surface area contributed by atoms with Gasteiger partial charge >= 0.3 is 39.5 Å². The lowest BCUT2D eigenvalue weighted by atomic mass is 10.1. The van der Waals surface area contributed by atoms with E-state index in [9.17, 15) is 43.2 Å². The van der Waals surface area contributed by atoms with Gasteiger partial charge in [0.05, 0.1) is 32.8 Å². The van der Waals surface area contributed by atoms with Crippen molar-refractivity contribution in [3.63, 3.8) is 0 Å². The molecule has 0 radical (unpaired) electrons. The number of aliphatic hydroxyl groups is 1. The number of carbonyl (C=O) groups is 4. The molecule has 5 unspecified atom stereocenters. The van der Waals surface area contributed by atoms with E-state index in [2.05, 4.69) is 149 Å². The molecule has 0 amide bonds. The van der Waals surface area contributed by atoms with Crippen LogP contribution < -0.4 is 0 Å². The van der Waals surface area contributed by atoms with Crippen LogP contribution in [0.2, 0.25) is 0 Å². The molecular formula is C81H134O17P2. The molecule has 0 aliphatic carbocycles. The van der Waals surface area contributed by atoms with Gasteiger partial charge in [-0.25, -0.2) is 9.13 Å². The normalized spacial score (nSPS) is 14.8. The van der Waals surface area contributed by atoms with Gasteiger partial charge in [0.15, 0.2) is 12.2 Å². The van der Waals surface area contributed by atoms with E-state index in [1.54, 1.807) is 6.08 Å². The molecule has 19 heteroatoms. The van der Waals surface area contributed by atoms with Gasteiger partial charge in [0, 0.05) is 19.3 Å². The molecule has 3 N–H and O–H groups in total. The summed E-state index contributed by atoms with van der Waals surface area (Å²) in [6.07, 6.45) is 81.6. The average Bonchev–Trinajstić information content (AvgIpc) is 1.01. The van der Waals surface area contributed by atoms with Gasteiger partial charge in [-0.15, -0.1) is 0 Å². The number of rotatable bonds is 70. The van der Waals surface area contributed by atoms with Crippen LogP contribution in [0.4, 0.5) is 0 Å². The zero-order chi connectivity index (χ0) is 73.2.